The maximum atomic E-state index is 5.94. The highest BCUT2D eigenvalue weighted by Gasteiger charge is 2.34. The van der Waals surface area contributed by atoms with Crippen LogP contribution < -0.4 is 0 Å². The third-order valence-electron chi connectivity index (χ3n) is 17.9. The molecule has 546 valence electrons. The Balaban J connectivity index is 2.25. The Bertz CT molecular complexity index is 1400. The van der Waals surface area contributed by atoms with Gasteiger partial charge in [-0.1, -0.05) is 261 Å². The summed E-state index contributed by atoms with van der Waals surface area (Å²) in [5, 5.41) is 0. The molecule has 1 aliphatic rings. The molecule has 1 saturated carbocycles. The Labute approximate surface area is 596 Å². The molecular weight excluding hydrogens is 1290 g/mol. The van der Waals surface area contributed by atoms with Crippen LogP contribution in [0.25, 0.3) is 0 Å². The number of rotatable bonds is 76. The second-order valence-electron chi connectivity index (χ2n) is 25.4. The molecule has 0 bridgehead atoms. The monoisotopic (exact) mass is 1440 g/mol. The summed E-state index contributed by atoms with van der Waals surface area (Å²) in [6.45, 7) is 23.7. The summed E-state index contributed by atoms with van der Waals surface area (Å²) in [6.07, 6.45) is 61.3. The fourth-order valence-corrected chi connectivity index (χ4v) is 25.8. The van der Waals surface area contributed by atoms with Crippen LogP contribution >= 0.6 is 82.5 Å². The van der Waals surface area contributed by atoms with Crippen molar-refractivity contribution in [2.75, 3.05) is 82.5 Å². The summed E-state index contributed by atoms with van der Waals surface area (Å²) < 4.78 is 53.1. The van der Waals surface area contributed by atoms with Crippen LogP contribution in [0, 0.1) is 17.8 Å². The summed E-state index contributed by atoms with van der Waals surface area (Å²) in [5.74, 6) is 5.53. The zero-order valence-electron chi connectivity index (χ0n) is 60.9. The highest BCUT2D eigenvalue weighted by molar-refractivity contribution is 9.26. The van der Waals surface area contributed by atoms with E-state index in [0.717, 1.165) is 56.3 Å². The van der Waals surface area contributed by atoms with Crippen molar-refractivity contribution in [2.24, 2.45) is 17.8 Å². The van der Waals surface area contributed by atoms with Crippen LogP contribution in [0.1, 0.15) is 358 Å². The molecule has 0 amide bonds. The minimum absolute atomic E-state index is 0.613. The highest BCUT2D eigenvalue weighted by atomic mass is 33.7. The number of hydrogen-bond acceptors (Lipinski definition) is 17. The quantitative estimate of drug-likeness (QED) is 0.0329. The van der Waals surface area contributed by atoms with E-state index in [1.807, 2.05) is 72.1 Å². The van der Waals surface area contributed by atoms with E-state index in [1.165, 1.54) is 280 Å². The minimum Gasteiger partial charge on any atom is -0.328 e. The average Bonchev–Trinajstić information content (AvgIpc) is 3.36. The summed E-state index contributed by atoms with van der Waals surface area (Å²) in [6, 6.07) is 0. The van der Waals surface area contributed by atoms with E-state index in [0.29, 0.717) is 59.5 Å². The maximum absolute atomic E-state index is 5.94. The molecule has 3 atom stereocenters. The molecular formula is C74H148O9S8. The van der Waals surface area contributed by atoms with Crippen molar-refractivity contribution < 1.29 is 42.6 Å². The van der Waals surface area contributed by atoms with Crippen molar-refractivity contribution in [2.45, 2.75) is 376 Å². The first-order valence-electron chi connectivity index (χ1n) is 38.7. The fraction of sp³-hybridized carbons (Fsp3) is 1.00. The molecule has 1 fully saturated rings. The number of unbranched alkanes of at least 4 members (excludes halogenated alkanes) is 34. The molecule has 0 saturated heterocycles. The second-order valence-corrected chi connectivity index (χ2v) is 37.9. The Kier molecular flexibility index (Phi) is 69.9. The fourth-order valence-electron chi connectivity index (χ4n) is 13.3. The molecule has 0 radical (unpaired) electrons. The lowest BCUT2D eigenvalue weighted by atomic mass is 9.70. The van der Waals surface area contributed by atoms with E-state index in [1.54, 1.807) is 0 Å². The normalized spacial score (nSPS) is 15.9. The van der Waals surface area contributed by atoms with Gasteiger partial charge in [0.2, 0.25) is 0 Å². The zero-order chi connectivity index (χ0) is 66.0. The van der Waals surface area contributed by atoms with Crippen molar-refractivity contribution in [1.82, 2.24) is 0 Å². The Hall–Kier alpha value is 2.44. The van der Waals surface area contributed by atoms with E-state index < -0.39 is 17.9 Å². The zero-order valence-corrected chi connectivity index (χ0v) is 67.4. The summed E-state index contributed by atoms with van der Waals surface area (Å²) in [4.78, 5) is 0. The number of hydrogen-bond donors (Lipinski definition) is 0. The molecule has 0 aromatic carbocycles. The van der Waals surface area contributed by atoms with Gasteiger partial charge in [-0.25, -0.2) is 0 Å². The predicted octanol–water partition coefficient (Wildman–Crippen LogP) is 27.4. The summed E-state index contributed by atoms with van der Waals surface area (Å²) in [7, 11) is 16.7. The first-order valence-corrected chi connectivity index (χ1v) is 49.0. The van der Waals surface area contributed by atoms with Gasteiger partial charge in [0.1, 0.15) is 0 Å². The van der Waals surface area contributed by atoms with Gasteiger partial charge in [0.15, 0.2) is 0 Å². The van der Waals surface area contributed by atoms with E-state index in [4.69, 9.17) is 42.6 Å². The third-order valence-corrected chi connectivity index (χ3v) is 31.1. The molecule has 0 N–H and O–H groups in total. The lowest BCUT2D eigenvalue weighted by Gasteiger charge is -2.36. The lowest BCUT2D eigenvalue weighted by molar-refractivity contribution is -0.380. The lowest BCUT2D eigenvalue weighted by Crippen LogP contribution is -2.39. The van der Waals surface area contributed by atoms with Crippen LogP contribution in [0.5, 0.6) is 0 Å². The third kappa shape index (κ3) is 53.9. The Morgan fingerprint density at radius 2 is 0.451 bits per heavy atom. The van der Waals surface area contributed by atoms with Gasteiger partial charge in [-0.15, -0.1) is 0 Å². The van der Waals surface area contributed by atoms with Crippen LogP contribution in [0.3, 0.4) is 0 Å². The second kappa shape index (κ2) is 69.5. The van der Waals surface area contributed by atoms with Gasteiger partial charge in [-0.2, -0.15) is 0 Å². The molecule has 3 unspecified atom stereocenters. The van der Waals surface area contributed by atoms with Gasteiger partial charge in [0.25, 0.3) is 17.9 Å². The van der Waals surface area contributed by atoms with E-state index in [-0.39, 0.29) is 0 Å². The standard InChI is InChI=1S/C74H148O9S8/c1-10-75-72(76-11-2,77-12-3)61-51-45-39-33-27-23-19-21-25-29-36-42-48-54-64-84-88-90-86-66-59-70-58-57-69(56-50-44-38-32-31-35-41-47-53-63-74(81-16-7,82-17-8)83-18-9)68-71(70)60-67-87-91-89-85-65-55-49-43-37-30-26-22-20-24-28-34-40-46-52-62-73(78-13-4,79-14-5)80-15-6/h69-71H,10-68H2,1-9H3. The molecule has 9 nitrogen and oxygen atoms in total. The van der Waals surface area contributed by atoms with Crippen molar-refractivity contribution in [3.63, 3.8) is 0 Å². The van der Waals surface area contributed by atoms with Crippen molar-refractivity contribution >= 4 is 82.5 Å². The van der Waals surface area contributed by atoms with Crippen LogP contribution in [0.2, 0.25) is 0 Å². The van der Waals surface area contributed by atoms with Crippen molar-refractivity contribution in [3.8, 4) is 0 Å². The van der Waals surface area contributed by atoms with Crippen molar-refractivity contribution in [1.29, 1.82) is 0 Å². The van der Waals surface area contributed by atoms with Gasteiger partial charge in [0.05, 0.1) is 0 Å². The van der Waals surface area contributed by atoms with Crippen LogP contribution in [-0.4, -0.2) is 100 Å². The average molecular weight is 1440 g/mol. The highest BCUT2D eigenvalue weighted by Crippen LogP contribution is 2.48. The summed E-state index contributed by atoms with van der Waals surface area (Å²) in [5.41, 5.74) is 0. The molecule has 0 spiro atoms. The molecule has 1 aliphatic carbocycles. The van der Waals surface area contributed by atoms with E-state index in [2.05, 4.69) is 72.7 Å². The predicted molar refractivity (Wildman–Crippen MR) is 416 cm³/mol. The van der Waals surface area contributed by atoms with Crippen LogP contribution in [0.4, 0.5) is 0 Å². The largest absolute Gasteiger partial charge is 0.328 e. The van der Waals surface area contributed by atoms with Gasteiger partial charge in [-0.05, 0) is 177 Å². The molecule has 0 aromatic rings. The van der Waals surface area contributed by atoms with Gasteiger partial charge in [-0.3, -0.25) is 0 Å². The first-order chi connectivity index (χ1) is 44.8. The Morgan fingerprint density at radius 1 is 0.231 bits per heavy atom. The Morgan fingerprint density at radius 3 is 0.714 bits per heavy atom. The number of ether oxygens (including phenoxy) is 9. The van der Waals surface area contributed by atoms with Crippen LogP contribution in [0.15, 0.2) is 0 Å². The van der Waals surface area contributed by atoms with E-state index in [9.17, 15) is 0 Å². The topological polar surface area (TPSA) is 83.1 Å². The molecule has 17 heteroatoms. The van der Waals surface area contributed by atoms with Gasteiger partial charge >= 0.3 is 0 Å². The molecule has 0 aliphatic heterocycles. The first kappa shape index (κ1) is 91.5. The minimum atomic E-state index is -0.845. The SMILES string of the molecule is CCOC(CCCCCCCCCCCCCCCCSSSSCCC1CCC(CCCCCCCCCCCC(OCC)(OCC)OCC)CC1CCSSSSCCCCCCCCCCCCCCCCC(OCC)(OCC)OCC)(OCC)OCC. The van der Waals surface area contributed by atoms with E-state index >= 15 is 0 Å². The van der Waals surface area contributed by atoms with Crippen molar-refractivity contribution in [3.05, 3.63) is 0 Å². The molecule has 1 rings (SSSR count). The molecule has 0 heterocycles. The van der Waals surface area contributed by atoms with Gasteiger partial charge < -0.3 is 42.6 Å². The smallest absolute Gasteiger partial charge is 0.282 e. The van der Waals surface area contributed by atoms with Gasteiger partial charge in [0, 0.05) is 102 Å². The van der Waals surface area contributed by atoms with Crippen LogP contribution in [-0.2, 0) is 42.6 Å². The summed E-state index contributed by atoms with van der Waals surface area (Å²) >= 11 is 0. The molecule has 91 heavy (non-hydrogen) atoms. The maximum Gasteiger partial charge on any atom is 0.282 e. The molecule has 0 aromatic heterocycles.